The third-order valence-corrected chi connectivity index (χ3v) is 7.98. The number of hydrogen-bond acceptors (Lipinski definition) is 4. The lowest BCUT2D eigenvalue weighted by molar-refractivity contribution is -0.925. The van der Waals surface area contributed by atoms with Gasteiger partial charge in [-0.15, -0.1) is 11.3 Å². The number of nitrogens with zero attached hydrogens (tertiary/aromatic N) is 2. The standard InChI is InChI=1S/C21H26N4O2S/c1-14-8-10-21(11-9-14)19(26)25(20(27)23-21)13-24-12-4-6-16(24)18-22-15-5-2-3-7-17(15)28-18/h2-3,5,7,14,16H,4,6,8-13H2,1H3,(H,23,27)/p+1/t14?,16-,21?/m1/s1. The van der Waals surface area contributed by atoms with Crippen LogP contribution in [0.1, 0.15) is 56.5 Å². The molecule has 1 aromatic heterocycles. The number of para-hydroxylation sites is 1. The molecule has 148 valence electrons. The Labute approximate surface area is 168 Å². The first kappa shape index (κ1) is 18.1. The summed E-state index contributed by atoms with van der Waals surface area (Å²) in [7, 11) is 0. The van der Waals surface area contributed by atoms with E-state index in [1.54, 1.807) is 11.3 Å². The van der Waals surface area contributed by atoms with Crippen molar-refractivity contribution >= 4 is 33.5 Å². The molecule has 2 aliphatic heterocycles. The number of carbonyl (C=O) groups excluding carboxylic acids is 2. The van der Waals surface area contributed by atoms with Gasteiger partial charge in [0.2, 0.25) is 0 Å². The third-order valence-electron chi connectivity index (χ3n) is 6.83. The van der Waals surface area contributed by atoms with Gasteiger partial charge < -0.3 is 10.2 Å². The van der Waals surface area contributed by atoms with Crippen LogP contribution in [0.2, 0.25) is 0 Å². The molecule has 1 aromatic carbocycles. The number of thiazole rings is 1. The molecule has 2 saturated heterocycles. The fourth-order valence-electron chi connectivity index (χ4n) is 5.05. The molecule has 2 aromatic rings. The van der Waals surface area contributed by atoms with Crippen LogP contribution in [0.25, 0.3) is 10.2 Å². The maximum Gasteiger partial charge on any atom is 0.329 e. The number of aromatic nitrogens is 1. The fraction of sp³-hybridized carbons (Fsp3) is 0.571. The van der Waals surface area contributed by atoms with Gasteiger partial charge in [0.15, 0.2) is 11.7 Å². The van der Waals surface area contributed by atoms with Crippen LogP contribution in [0, 0.1) is 5.92 Å². The van der Waals surface area contributed by atoms with Crippen molar-refractivity contribution < 1.29 is 14.5 Å². The van der Waals surface area contributed by atoms with E-state index in [-0.39, 0.29) is 18.0 Å². The van der Waals surface area contributed by atoms with E-state index >= 15 is 0 Å². The van der Waals surface area contributed by atoms with Crippen molar-refractivity contribution in [2.45, 2.75) is 57.0 Å². The quantitative estimate of drug-likeness (QED) is 0.780. The number of carbonyl (C=O) groups is 2. The minimum absolute atomic E-state index is 0.00755. The highest BCUT2D eigenvalue weighted by Gasteiger charge is 2.53. The predicted molar refractivity (Wildman–Crippen MR) is 108 cm³/mol. The van der Waals surface area contributed by atoms with E-state index in [0.717, 1.165) is 55.6 Å². The molecule has 0 radical (unpaired) electrons. The highest BCUT2D eigenvalue weighted by Crippen LogP contribution is 2.36. The van der Waals surface area contributed by atoms with E-state index in [2.05, 4.69) is 24.4 Å². The molecule has 28 heavy (non-hydrogen) atoms. The number of urea groups is 1. The van der Waals surface area contributed by atoms with Crippen LogP contribution in [0.5, 0.6) is 0 Å². The second-order valence-electron chi connectivity index (χ2n) is 8.71. The number of likely N-dealkylation sites (tertiary alicyclic amines) is 1. The van der Waals surface area contributed by atoms with Gasteiger partial charge in [-0.05, 0) is 43.7 Å². The molecular weight excluding hydrogens is 372 g/mol. The maximum atomic E-state index is 13.2. The first-order valence-electron chi connectivity index (χ1n) is 10.4. The highest BCUT2D eigenvalue weighted by molar-refractivity contribution is 7.18. The average molecular weight is 400 g/mol. The van der Waals surface area contributed by atoms with Crippen LogP contribution in [0.4, 0.5) is 4.79 Å². The summed E-state index contributed by atoms with van der Waals surface area (Å²) in [6.07, 6.45) is 5.71. The summed E-state index contributed by atoms with van der Waals surface area (Å²) in [5.74, 6) is 0.629. The van der Waals surface area contributed by atoms with Gasteiger partial charge in [0, 0.05) is 12.8 Å². The third kappa shape index (κ3) is 2.92. The van der Waals surface area contributed by atoms with E-state index in [1.807, 2.05) is 12.1 Å². The molecule has 6 nitrogen and oxygen atoms in total. The van der Waals surface area contributed by atoms with Crippen molar-refractivity contribution in [1.29, 1.82) is 0 Å². The first-order chi connectivity index (χ1) is 13.6. The number of benzene rings is 1. The van der Waals surface area contributed by atoms with E-state index in [9.17, 15) is 9.59 Å². The minimum Gasteiger partial charge on any atom is -0.323 e. The number of fused-ring (bicyclic) bond motifs is 1. The van der Waals surface area contributed by atoms with Crippen LogP contribution in [0.15, 0.2) is 24.3 Å². The Morgan fingerprint density at radius 2 is 2.04 bits per heavy atom. The molecule has 2 N–H and O–H groups in total. The molecule has 3 amide bonds. The van der Waals surface area contributed by atoms with E-state index in [0.29, 0.717) is 12.6 Å². The van der Waals surface area contributed by atoms with Crippen LogP contribution in [-0.4, -0.2) is 40.6 Å². The molecule has 1 aliphatic carbocycles. The summed E-state index contributed by atoms with van der Waals surface area (Å²) in [5.41, 5.74) is 0.396. The Hall–Kier alpha value is -1.99. The molecule has 5 rings (SSSR count). The van der Waals surface area contributed by atoms with Gasteiger partial charge in [-0.2, -0.15) is 0 Å². The summed E-state index contributed by atoms with van der Waals surface area (Å²) >= 11 is 1.74. The molecule has 1 unspecified atom stereocenters. The van der Waals surface area contributed by atoms with Gasteiger partial charge in [-0.3, -0.25) is 4.79 Å². The number of rotatable bonds is 3. The molecule has 3 aliphatic rings. The number of amides is 3. The molecular formula is C21H27N4O2S+. The predicted octanol–water partition coefficient (Wildman–Crippen LogP) is 2.47. The van der Waals surface area contributed by atoms with Crippen molar-refractivity contribution in [1.82, 2.24) is 15.2 Å². The summed E-state index contributed by atoms with van der Waals surface area (Å²) < 4.78 is 1.20. The van der Waals surface area contributed by atoms with Crippen LogP contribution < -0.4 is 10.2 Å². The van der Waals surface area contributed by atoms with Crippen molar-refractivity contribution in [3.63, 3.8) is 0 Å². The minimum atomic E-state index is -0.645. The van der Waals surface area contributed by atoms with Gasteiger partial charge >= 0.3 is 6.03 Å². The van der Waals surface area contributed by atoms with Crippen molar-refractivity contribution in [2.24, 2.45) is 5.92 Å². The van der Waals surface area contributed by atoms with E-state index in [1.165, 1.54) is 14.5 Å². The SMILES string of the molecule is CC1CCC2(CC1)NC(=O)N(C[NH+]1CCC[C@@H]1c1nc3ccccc3s1)C2=O. The lowest BCUT2D eigenvalue weighted by Gasteiger charge is -2.33. The molecule has 2 atom stereocenters. The molecule has 3 heterocycles. The largest absolute Gasteiger partial charge is 0.329 e. The van der Waals surface area contributed by atoms with Crippen molar-refractivity contribution in [2.75, 3.05) is 13.2 Å². The Bertz CT molecular complexity index is 885. The van der Waals surface area contributed by atoms with Gasteiger partial charge in [-0.1, -0.05) is 19.1 Å². The van der Waals surface area contributed by atoms with Gasteiger partial charge in [-0.25, -0.2) is 14.7 Å². The van der Waals surface area contributed by atoms with E-state index < -0.39 is 5.54 Å². The van der Waals surface area contributed by atoms with Gasteiger partial charge in [0.1, 0.15) is 11.6 Å². The van der Waals surface area contributed by atoms with Crippen molar-refractivity contribution in [3.05, 3.63) is 29.3 Å². The first-order valence-corrected chi connectivity index (χ1v) is 11.2. The van der Waals surface area contributed by atoms with E-state index in [4.69, 9.17) is 4.98 Å². The number of quaternary nitrogens is 1. The van der Waals surface area contributed by atoms with Crippen LogP contribution in [-0.2, 0) is 4.79 Å². The normalized spacial score (nSPS) is 33.2. The zero-order valence-corrected chi connectivity index (χ0v) is 17.1. The Kier molecular flexibility index (Phi) is 4.39. The molecule has 1 spiro atoms. The smallest absolute Gasteiger partial charge is 0.323 e. The number of hydrogen-bond donors (Lipinski definition) is 2. The monoisotopic (exact) mass is 399 g/mol. The summed E-state index contributed by atoms with van der Waals surface area (Å²) in [6, 6.07) is 8.28. The molecule has 1 saturated carbocycles. The zero-order valence-electron chi connectivity index (χ0n) is 16.2. The van der Waals surface area contributed by atoms with Gasteiger partial charge in [0.05, 0.1) is 16.8 Å². The maximum absolute atomic E-state index is 13.2. The Balaban J connectivity index is 1.35. The topological polar surface area (TPSA) is 66.7 Å². The Morgan fingerprint density at radius 3 is 2.82 bits per heavy atom. The fourth-order valence-corrected chi connectivity index (χ4v) is 6.22. The van der Waals surface area contributed by atoms with Gasteiger partial charge in [0.25, 0.3) is 5.91 Å². The van der Waals surface area contributed by atoms with Crippen LogP contribution in [0.3, 0.4) is 0 Å². The van der Waals surface area contributed by atoms with Crippen molar-refractivity contribution in [3.8, 4) is 0 Å². The zero-order chi connectivity index (χ0) is 19.3. The molecule has 7 heteroatoms. The molecule has 0 bridgehead atoms. The second kappa shape index (κ2) is 6.81. The number of imide groups is 1. The Morgan fingerprint density at radius 1 is 1.25 bits per heavy atom. The number of nitrogens with one attached hydrogen (secondary N) is 2. The summed E-state index contributed by atoms with van der Waals surface area (Å²) in [6.45, 7) is 3.65. The summed E-state index contributed by atoms with van der Waals surface area (Å²) in [4.78, 5) is 33.5. The lowest BCUT2D eigenvalue weighted by Crippen LogP contribution is -3.12. The average Bonchev–Trinajstić information content (AvgIpc) is 3.38. The summed E-state index contributed by atoms with van der Waals surface area (Å²) in [5, 5.41) is 4.18. The van der Waals surface area contributed by atoms with Crippen LogP contribution >= 0.6 is 11.3 Å². The highest BCUT2D eigenvalue weighted by atomic mass is 32.1. The second-order valence-corrected chi connectivity index (χ2v) is 9.77. The lowest BCUT2D eigenvalue weighted by atomic mass is 9.77. The molecule has 3 fully saturated rings.